The topological polar surface area (TPSA) is 67.9 Å². The molecule has 2 fully saturated rings. The summed E-state index contributed by atoms with van der Waals surface area (Å²) in [6.45, 7) is 3.29. The molecule has 0 aromatic heterocycles. The van der Waals surface area contributed by atoms with Crippen molar-refractivity contribution >= 4 is 17.5 Å². The van der Waals surface area contributed by atoms with Crippen LogP contribution in [-0.4, -0.2) is 44.2 Å². The van der Waals surface area contributed by atoms with Crippen LogP contribution in [0.2, 0.25) is 0 Å². The average Bonchev–Trinajstić information content (AvgIpc) is 3.29. The lowest BCUT2D eigenvalue weighted by Crippen LogP contribution is -2.38. The molecular formula is C20H28N2O4. The predicted octanol–water partition coefficient (Wildman–Crippen LogP) is 2.51. The van der Waals surface area contributed by atoms with Crippen LogP contribution in [-0.2, 0) is 14.3 Å². The lowest BCUT2D eigenvalue weighted by atomic mass is 10.0. The molecule has 0 radical (unpaired) electrons. The molecule has 3 atom stereocenters. The first-order valence-electron chi connectivity index (χ1n) is 9.43. The Morgan fingerprint density at radius 3 is 3.04 bits per heavy atom. The van der Waals surface area contributed by atoms with E-state index in [1.165, 1.54) is 0 Å². The molecule has 2 saturated heterocycles. The maximum absolute atomic E-state index is 12.6. The molecular weight excluding hydrogens is 332 g/mol. The quantitative estimate of drug-likeness (QED) is 0.811. The lowest BCUT2D eigenvalue weighted by molar-refractivity contribution is -0.126. The van der Waals surface area contributed by atoms with Gasteiger partial charge in [-0.15, -0.1) is 0 Å². The molecule has 2 aliphatic rings. The maximum Gasteiger partial charge on any atom is 0.227 e. The first-order valence-corrected chi connectivity index (χ1v) is 9.43. The third-order valence-corrected chi connectivity index (χ3v) is 5.20. The highest BCUT2D eigenvalue weighted by molar-refractivity contribution is 6.00. The van der Waals surface area contributed by atoms with Crippen molar-refractivity contribution in [2.45, 2.75) is 51.2 Å². The number of ether oxygens (including phenoxy) is 2. The molecule has 6 nitrogen and oxygen atoms in total. The van der Waals surface area contributed by atoms with Crippen molar-refractivity contribution in [2.75, 3.05) is 25.2 Å². The third kappa shape index (κ3) is 4.55. The van der Waals surface area contributed by atoms with Gasteiger partial charge in [-0.25, -0.2) is 0 Å². The summed E-state index contributed by atoms with van der Waals surface area (Å²) in [5.41, 5.74) is 0.774. The van der Waals surface area contributed by atoms with Crippen molar-refractivity contribution in [3.8, 4) is 5.75 Å². The molecule has 1 aromatic carbocycles. The fourth-order valence-corrected chi connectivity index (χ4v) is 3.65. The van der Waals surface area contributed by atoms with Crippen LogP contribution in [0.1, 0.15) is 39.0 Å². The van der Waals surface area contributed by atoms with Crippen molar-refractivity contribution in [3.05, 3.63) is 24.3 Å². The Morgan fingerprint density at radius 1 is 1.46 bits per heavy atom. The number of rotatable bonds is 7. The Morgan fingerprint density at radius 2 is 2.31 bits per heavy atom. The molecule has 0 saturated carbocycles. The number of hydrogen-bond acceptors (Lipinski definition) is 4. The summed E-state index contributed by atoms with van der Waals surface area (Å²) < 4.78 is 10.8. The number of carbonyl (C=O) groups excluding carboxylic acids is 2. The van der Waals surface area contributed by atoms with E-state index in [-0.39, 0.29) is 30.2 Å². The van der Waals surface area contributed by atoms with Gasteiger partial charge >= 0.3 is 0 Å². The molecule has 2 heterocycles. The van der Waals surface area contributed by atoms with E-state index in [0.29, 0.717) is 18.4 Å². The SMILES string of the molecule is COc1cccc(N2CC(C(=O)NC(C)CCC3CCCO3)CC2=O)c1. The highest BCUT2D eigenvalue weighted by Crippen LogP contribution is 2.28. The third-order valence-electron chi connectivity index (χ3n) is 5.20. The van der Waals surface area contributed by atoms with Crippen LogP contribution in [0.3, 0.4) is 0 Å². The van der Waals surface area contributed by atoms with Crippen molar-refractivity contribution in [1.29, 1.82) is 0 Å². The number of anilines is 1. The lowest BCUT2D eigenvalue weighted by Gasteiger charge is -2.19. The smallest absolute Gasteiger partial charge is 0.227 e. The van der Waals surface area contributed by atoms with Crippen LogP contribution in [0.4, 0.5) is 5.69 Å². The number of hydrogen-bond donors (Lipinski definition) is 1. The van der Waals surface area contributed by atoms with Crippen molar-refractivity contribution in [2.24, 2.45) is 5.92 Å². The molecule has 1 aromatic rings. The molecule has 0 aliphatic carbocycles. The summed E-state index contributed by atoms with van der Waals surface area (Å²) in [5.74, 6) is 0.332. The van der Waals surface area contributed by atoms with Gasteiger partial charge in [0.25, 0.3) is 0 Å². The van der Waals surface area contributed by atoms with Gasteiger partial charge in [0.1, 0.15) is 5.75 Å². The Hall–Kier alpha value is -2.08. The largest absolute Gasteiger partial charge is 0.497 e. The molecule has 3 rings (SSSR count). The van der Waals surface area contributed by atoms with Gasteiger partial charge in [0.05, 0.1) is 19.1 Å². The molecule has 142 valence electrons. The van der Waals surface area contributed by atoms with Gasteiger partial charge in [-0.2, -0.15) is 0 Å². The second-order valence-corrected chi connectivity index (χ2v) is 7.23. The van der Waals surface area contributed by atoms with E-state index in [1.807, 2.05) is 31.2 Å². The zero-order valence-electron chi connectivity index (χ0n) is 15.6. The van der Waals surface area contributed by atoms with Crippen molar-refractivity contribution in [1.82, 2.24) is 5.32 Å². The second kappa shape index (κ2) is 8.54. The zero-order chi connectivity index (χ0) is 18.5. The van der Waals surface area contributed by atoms with Crippen LogP contribution >= 0.6 is 0 Å². The Kier molecular flexibility index (Phi) is 6.14. The molecule has 6 heteroatoms. The first-order chi connectivity index (χ1) is 12.6. The van der Waals surface area contributed by atoms with Gasteiger partial charge in [-0.05, 0) is 44.7 Å². The van der Waals surface area contributed by atoms with Gasteiger partial charge in [0.15, 0.2) is 0 Å². The molecule has 26 heavy (non-hydrogen) atoms. The minimum atomic E-state index is -0.307. The number of nitrogens with zero attached hydrogens (tertiary/aromatic N) is 1. The van der Waals surface area contributed by atoms with E-state index in [1.54, 1.807) is 12.0 Å². The monoisotopic (exact) mass is 360 g/mol. The molecule has 0 bridgehead atoms. The Balaban J connectivity index is 1.51. The van der Waals surface area contributed by atoms with E-state index < -0.39 is 0 Å². The van der Waals surface area contributed by atoms with Crippen LogP contribution in [0.25, 0.3) is 0 Å². The van der Waals surface area contributed by atoms with E-state index in [9.17, 15) is 9.59 Å². The fraction of sp³-hybridized carbons (Fsp3) is 0.600. The summed E-state index contributed by atoms with van der Waals surface area (Å²) in [4.78, 5) is 26.6. The molecule has 1 N–H and O–H groups in total. The molecule has 2 amide bonds. The number of benzene rings is 1. The second-order valence-electron chi connectivity index (χ2n) is 7.23. The Bertz CT molecular complexity index is 642. The number of carbonyl (C=O) groups is 2. The van der Waals surface area contributed by atoms with E-state index in [0.717, 1.165) is 38.0 Å². The maximum atomic E-state index is 12.6. The summed E-state index contributed by atoms with van der Waals surface area (Å²) >= 11 is 0. The molecule has 2 aliphatic heterocycles. The first kappa shape index (κ1) is 18.7. The number of amides is 2. The van der Waals surface area contributed by atoms with Crippen LogP contribution < -0.4 is 15.0 Å². The fourth-order valence-electron chi connectivity index (χ4n) is 3.65. The van der Waals surface area contributed by atoms with E-state index in [4.69, 9.17) is 9.47 Å². The summed E-state index contributed by atoms with van der Waals surface area (Å²) in [6.07, 6.45) is 4.72. The van der Waals surface area contributed by atoms with E-state index >= 15 is 0 Å². The summed E-state index contributed by atoms with van der Waals surface area (Å²) in [6, 6.07) is 7.46. The highest BCUT2D eigenvalue weighted by atomic mass is 16.5. The van der Waals surface area contributed by atoms with Gasteiger partial charge in [0, 0.05) is 37.4 Å². The molecule has 0 spiro atoms. The average molecular weight is 360 g/mol. The van der Waals surface area contributed by atoms with Crippen LogP contribution in [0.15, 0.2) is 24.3 Å². The minimum absolute atomic E-state index is 0.0228. The van der Waals surface area contributed by atoms with Crippen molar-refractivity contribution < 1.29 is 19.1 Å². The zero-order valence-corrected chi connectivity index (χ0v) is 15.6. The highest BCUT2D eigenvalue weighted by Gasteiger charge is 2.35. The standard InChI is InChI=1S/C20H28N2O4/c1-14(8-9-17-7-4-10-26-17)21-20(24)15-11-19(23)22(13-15)16-5-3-6-18(12-16)25-2/h3,5-6,12,14-15,17H,4,7-11,13H2,1-2H3,(H,21,24). The predicted molar refractivity (Wildman–Crippen MR) is 99.3 cm³/mol. The summed E-state index contributed by atoms with van der Waals surface area (Å²) in [7, 11) is 1.60. The van der Waals surface area contributed by atoms with Gasteiger partial charge in [0.2, 0.25) is 11.8 Å². The van der Waals surface area contributed by atoms with Gasteiger partial charge < -0.3 is 19.7 Å². The number of nitrogens with one attached hydrogen (secondary N) is 1. The van der Waals surface area contributed by atoms with Gasteiger partial charge in [-0.1, -0.05) is 6.07 Å². The van der Waals surface area contributed by atoms with Crippen LogP contribution in [0, 0.1) is 5.92 Å². The number of methoxy groups -OCH3 is 1. The minimum Gasteiger partial charge on any atom is -0.497 e. The summed E-state index contributed by atoms with van der Waals surface area (Å²) in [5, 5.41) is 3.06. The van der Waals surface area contributed by atoms with E-state index in [2.05, 4.69) is 5.32 Å². The van der Waals surface area contributed by atoms with Crippen LogP contribution in [0.5, 0.6) is 5.75 Å². The van der Waals surface area contributed by atoms with Gasteiger partial charge in [-0.3, -0.25) is 9.59 Å². The van der Waals surface area contributed by atoms with Crippen molar-refractivity contribution in [3.63, 3.8) is 0 Å². The Labute approximate surface area is 154 Å². The normalized spacial score (nSPS) is 23.9. The molecule has 3 unspecified atom stereocenters.